The molecule has 0 radical (unpaired) electrons. The monoisotopic (exact) mass is 841 g/mol. The van der Waals surface area contributed by atoms with Crippen molar-refractivity contribution >= 4 is 87.5 Å². The van der Waals surface area contributed by atoms with E-state index in [4.69, 9.17) is 9.97 Å². The minimum atomic E-state index is 0.501. The Kier molecular flexibility index (Phi) is 7.62. The van der Waals surface area contributed by atoms with Crippen LogP contribution < -0.4 is 0 Å². The van der Waals surface area contributed by atoms with E-state index in [1.165, 1.54) is 0 Å². The third kappa shape index (κ3) is 4.84. The van der Waals surface area contributed by atoms with E-state index in [9.17, 15) is 5.26 Å². The quantitative estimate of drug-likeness (QED) is 0.173. The molecule has 8 aromatic carbocycles. The first kappa shape index (κ1) is 36.3. The zero-order valence-corrected chi connectivity index (χ0v) is 35.3. The van der Waals surface area contributed by atoms with E-state index in [0.717, 1.165) is 121 Å². The number of fused-ring (bicyclic) bond motifs is 12. The maximum absolute atomic E-state index is 12.5. The minimum Gasteiger partial charge on any atom is -0.306 e. The molecule has 0 aliphatic heterocycles. The minimum absolute atomic E-state index is 0.501. The lowest BCUT2D eigenvalue weighted by Gasteiger charge is -2.29. The Hall–Kier alpha value is -9.25. The summed E-state index contributed by atoms with van der Waals surface area (Å²) in [4.78, 5) is 10.1. The van der Waals surface area contributed by atoms with Gasteiger partial charge in [-0.05, 0) is 66.2 Å². The average molecular weight is 842 g/mol. The molecule has 14 aromatic rings. The van der Waals surface area contributed by atoms with Crippen molar-refractivity contribution < 1.29 is 0 Å². The maximum atomic E-state index is 12.5. The van der Waals surface area contributed by atoms with Crippen molar-refractivity contribution in [2.45, 2.75) is 0 Å². The van der Waals surface area contributed by atoms with E-state index in [0.29, 0.717) is 5.56 Å². The van der Waals surface area contributed by atoms with Gasteiger partial charge in [-0.25, -0.2) is 0 Å². The largest absolute Gasteiger partial charge is 0.306 e. The summed E-state index contributed by atoms with van der Waals surface area (Å²) in [6.45, 7) is 0. The molecule has 0 fully saturated rings. The topological polar surface area (TPSA) is 69.3 Å². The molecule has 0 bridgehead atoms. The van der Waals surface area contributed by atoms with E-state index >= 15 is 0 Å². The van der Waals surface area contributed by atoms with E-state index < -0.39 is 0 Å². The molecule has 14 rings (SSSR count). The molecule has 7 heteroatoms. The number of hydrogen-bond donors (Lipinski definition) is 0. The van der Waals surface area contributed by atoms with Crippen molar-refractivity contribution in [3.63, 3.8) is 0 Å². The van der Waals surface area contributed by atoms with Crippen LogP contribution in [0.4, 0.5) is 0 Å². The molecule has 0 spiro atoms. The van der Waals surface area contributed by atoms with Gasteiger partial charge in [0.05, 0.1) is 77.9 Å². The Balaban J connectivity index is 1.37. The highest BCUT2D eigenvalue weighted by Gasteiger charge is 2.35. The van der Waals surface area contributed by atoms with Crippen LogP contribution in [0.15, 0.2) is 213 Å². The Morgan fingerprint density at radius 2 is 0.606 bits per heavy atom. The third-order valence-electron chi connectivity index (χ3n) is 13.5. The molecule has 0 amide bonds. The summed E-state index contributed by atoms with van der Waals surface area (Å²) in [7, 11) is 0. The summed E-state index contributed by atoms with van der Waals surface area (Å²) >= 11 is 0. The van der Waals surface area contributed by atoms with Crippen molar-refractivity contribution in [2.75, 3.05) is 0 Å². The summed E-state index contributed by atoms with van der Waals surface area (Å²) in [5, 5.41) is 19.0. The summed E-state index contributed by atoms with van der Waals surface area (Å²) in [5.74, 6) is 0. The molecule has 0 aliphatic rings. The fraction of sp³-hybridized carbons (Fsp3) is 0. The molecule has 306 valence electrons. The zero-order valence-electron chi connectivity index (χ0n) is 35.3. The van der Waals surface area contributed by atoms with E-state index in [2.05, 4.69) is 212 Å². The van der Waals surface area contributed by atoms with Crippen molar-refractivity contribution in [3.8, 4) is 39.9 Å². The second-order valence-electron chi connectivity index (χ2n) is 16.8. The van der Waals surface area contributed by atoms with Crippen molar-refractivity contribution in [1.82, 2.24) is 28.2 Å². The normalized spacial score (nSPS) is 11.9. The fourth-order valence-electron chi connectivity index (χ4n) is 10.9. The van der Waals surface area contributed by atoms with Gasteiger partial charge in [0.1, 0.15) is 11.6 Å². The number of para-hydroxylation sites is 6. The molecule has 6 heterocycles. The smallest absolute Gasteiger partial charge is 0.104 e. The molecular weight excluding hydrogens is 807 g/mol. The number of nitrogens with zero attached hydrogens (tertiary/aromatic N) is 7. The second-order valence-corrected chi connectivity index (χ2v) is 16.8. The SMILES string of the molecule is N#Cc1c(-n2c3ccccc3c3ncccc32)c(-n2c3ccccc3c3ccccc32)c(-c2ccccc2)c(-n2c3ccccc3c3ccccc32)c1-n1c2ccccc2c2ncccc21. The van der Waals surface area contributed by atoms with Gasteiger partial charge in [-0.15, -0.1) is 0 Å². The number of hydrogen-bond acceptors (Lipinski definition) is 3. The highest BCUT2D eigenvalue weighted by Crippen LogP contribution is 2.51. The standard InChI is InChI=1S/C59H35N7/c60-36-44-56(65-49-30-14-8-24-42(49)54-51(65)32-16-34-61-54)58(63-45-26-10-4-20-38(45)39-21-5-11-27-46(39)63)53(37-18-2-1-3-19-37)59(64-47-28-12-6-22-40(47)41-23-7-13-29-48(41)64)57(44)66-50-31-15-9-25-43(50)55-52(66)33-17-35-62-55/h1-35H. The molecule has 0 saturated carbocycles. The van der Waals surface area contributed by atoms with E-state index in [-0.39, 0.29) is 0 Å². The van der Waals surface area contributed by atoms with Gasteiger partial charge < -0.3 is 18.3 Å². The molecule has 6 aromatic heterocycles. The van der Waals surface area contributed by atoms with Gasteiger partial charge in [-0.3, -0.25) is 9.97 Å². The van der Waals surface area contributed by atoms with Crippen molar-refractivity contribution in [3.05, 3.63) is 218 Å². The Labute approximate surface area is 377 Å². The second kappa shape index (κ2) is 13.9. The van der Waals surface area contributed by atoms with Gasteiger partial charge in [0.15, 0.2) is 0 Å². The van der Waals surface area contributed by atoms with Crippen LogP contribution >= 0.6 is 0 Å². The van der Waals surface area contributed by atoms with Crippen LogP contribution in [-0.4, -0.2) is 28.2 Å². The number of aromatic nitrogens is 6. The van der Waals surface area contributed by atoms with Crippen LogP contribution in [0, 0.1) is 11.3 Å². The molecule has 0 atom stereocenters. The molecule has 0 aliphatic carbocycles. The number of pyridine rings is 2. The molecule has 0 unspecified atom stereocenters. The fourth-order valence-corrected chi connectivity index (χ4v) is 10.9. The molecule has 7 nitrogen and oxygen atoms in total. The van der Waals surface area contributed by atoms with E-state index in [1.807, 2.05) is 24.5 Å². The van der Waals surface area contributed by atoms with Crippen molar-refractivity contribution in [1.29, 1.82) is 5.26 Å². The van der Waals surface area contributed by atoms with Gasteiger partial charge in [0.2, 0.25) is 0 Å². The summed E-state index contributed by atoms with van der Waals surface area (Å²) in [6, 6.07) is 73.4. The Morgan fingerprint density at radius 1 is 0.303 bits per heavy atom. The van der Waals surface area contributed by atoms with Gasteiger partial charge in [0, 0.05) is 50.3 Å². The van der Waals surface area contributed by atoms with Crippen LogP contribution in [0.5, 0.6) is 0 Å². The number of rotatable bonds is 5. The van der Waals surface area contributed by atoms with Gasteiger partial charge in [-0.2, -0.15) is 5.26 Å². The maximum Gasteiger partial charge on any atom is 0.104 e. The average Bonchev–Trinajstić information content (AvgIpc) is 4.11. The van der Waals surface area contributed by atoms with Gasteiger partial charge >= 0.3 is 0 Å². The van der Waals surface area contributed by atoms with Crippen LogP contribution in [0.3, 0.4) is 0 Å². The predicted molar refractivity (Wildman–Crippen MR) is 270 cm³/mol. The predicted octanol–water partition coefficient (Wildman–Crippen LogP) is 14.4. The molecule has 0 N–H and O–H groups in total. The first-order valence-electron chi connectivity index (χ1n) is 22.2. The van der Waals surface area contributed by atoms with Crippen LogP contribution in [0.2, 0.25) is 0 Å². The summed E-state index contributed by atoms with van der Waals surface area (Å²) < 4.78 is 9.42. The first-order valence-corrected chi connectivity index (χ1v) is 22.2. The molecule has 0 saturated heterocycles. The first-order chi connectivity index (χ1) is 32.8. The number of benzene rings is 8. The van der Waals surface area contributed by atoms with E-state index in [1.54, 1.807) is 0 Å². The molecule has 66 heavy (non-hydrogen) atoms. The van der Waals surface area contributed by atoms with Crippen LogP contribution in [0.1, 0.15) is 5.56 Å². The van der Waals surface area contributed by atoms with Crippen LogP contribution in [0.25, 0.3) is 121 Å². The van der Waals surface area contributed by atoms with Gasteiger partial charge in [-0.1, -0.05) is 140 Å². The third-order valence-corrected chi connectivity index (χ3v) is 13.5. The van der Waals surface area contributed by atoms with Crippen molar-refractivity contribution in [2.24, 2.45) is 0 Å². The summed E-state index contributed by atoms with van der Waals surface area (Å²) in [6.07, 6.45) is 3.71. The lowest BCUT2D eigenvalue weighted by atomic mass is 9.93. The highest BCUT2D eigenvalue weighted by molar-refractivity contribution is 6.16. The zero-order chi connectivity index (χ0) is 43.5. The lowest BCUT2D eigenvalue weighted by molar-refractivity contribution is 1.03. The molecular formula is C59H35N7. The number of nitriles is 1. The Bertz CT molecular complexity index is 3900. The van der Waals surface area contributed by atoms with Gasteiger partial charge in [0.25, 0.3) is 0 Å². The lowest BCUT2D eigenvalue weighted by Crippen LogP contribution is -2.16. The highest BCUT2D eigenvalue weighted by atomic mass is 15.1. The van der Waals surface area contributed by atoms with Crippen LogP contribution in [-0.2, 0) is 0 Å². The summed E-state index contributed by atoms with van der Waals surface area (Å²) in [5.41, 5.74) is 15.2. The Morgan fingerprint density at radius 3 is 0.985 bits per heavy atom.